The molecule has 0 aromatic carbocycles. The van der Waals surface area contributed by atoms with Crippen molar-refractivity contribution in [2.75, 3.05) is 0 Å². The van der Waals surface area contributed by atoms with Gasteiger partial charge >= 0.3 is 0 Å². The van der Waals surface area contributed by atoms with Crippen LogP contribution in [-0.4, -0.2) is 38.7 Å². The Morgan fingerprint density at radius 2 is 1.38 bits per heavy atom. The van der Waals surface area contributed by atoms with Gasteiger partial charge in [-0.15, -0.1) is 5.10 Å². The van der Waals surface area contributed by atoms with Gasteiger partial charge in [-0.05, 0) is 27.7 Å². The molecule has 0 radical (unpaired) electrons. The maximum absolute atomic E-state index is 9.43. The molecule has 0 atom stereocenters. The van der Waals surface area contributed by atoms with Crippen molar-refractivity contribution in [2.45, 2.75) is 38.8 Å². The van der Waals surface area contributed by atoms with Crippen LogP contribution in [0.25, 0.3) is 21.3 Å². The number of aromatic nitrogens is 8. The quantitative estimate of drug-likeness (QED) is 0.428. The van der Waals surface area contributed by atoms with Gasteiger partial charge in [-0.3, -0.25) is 13.9 Å². The van der Waals surface area contributed by atoms with E-state index in [9.17, 15) is 5.26 Å². The molecule has 0 saturated carbocycles. The van der Waals surface area contributed by atoms with Crippen LogP contribution in [-0.2, 0) is 11.1 Å². The average molecular weight is 450 g/mol. The molecule has 4 heterocycles. The molecule has 0 aliphatic carbocycles. The van der Waals surface area contributed by atoms with Crippen LogP contribution in [0.4, 0.5) is 11.6 Å². The minimum Gasteiger partial charge on any atom is -0.373 e. The summed E-state index contributed by atoms with van der Waals surface area (Å²) in [6.45, 7) is 22.6. The first kappa shape index (κ1) is 22.0. The largest absolute Gasteiger partial charge is 0.373 e. The highest BCUT2D eigenvalue weighted by atomic mass is 15.4. The molecule has 0 N–H and O–H groups in total. The number of nitrogens with zero attached hydrogens (tertiary/aromatic N) is 12. The lowest BCUT2D eigenvalue weighted by Crippen LogP contribution is -2.50. The monoisotopic (exact) mass is 450 g/mol. The van der Waals surface area contributed by atoms with Gasteiger partial charge < -0.3 is 9.69 Å². The fraction of sp³-hybridized carbons (Fsp3) is 0.273. The summed E-state index contributed by atoms with van der Waals surface area (Å²) in [5.74, 6) is 1.07. The van der Waals surface area contributed by atoms with E-state index in [2.05, 4.69) is 29.9 Å². The second-order valence-corrected chi connectivity index (χ2v) is 8.38. The highest BCUT2D eigenvalue weighted by Crippen LogP contribution is 2.36. The van der Waals surface area contributed by atoms with Gasteiger partial charge in [0.25, 0.3) is 18.0 Å². The van der Waals surface area contributed by atoms with Crippen LogP contribution in [0.1, 0.15) is 39.1 Å². The smallest absolute Gasteiger partial charge is 0.293 e. The van der Waals surface area contributed by atoms with E-state index < -0.39 is 11.1 Å². The molecule has 0 amide bonds. The van der Waals surface area contributed by atoms with Crippen molar-refractivity contribution in [3.05, 3.63) is 71.4 Å². The molecular weight excluding hydrogens is 432 g/mol. The van der Waals surface area contributed by atoms with Gasteiger partial charge in [-0.2, -0.15) is 15.6 Å². The number of rotatable bonds is 5. The molecule has 0 fully saturated rings. The summed E-state index contributed by atoms with van der Waals surface area (Å²) in [7, 11) is 0. The molecule has 34 heavy (non-hydrogen) atoms. The highest BCUT2D eigenvalue weighted by molar-refractivity contribution is 5.64. The van der Waals surface area contributed by atoms with Crippen LogP contribution in [0.5, 0.6) is 0 Å². The normalized spacial score (nSPS) is 11.4. The van der Waals surface area contributed by atoms with Gasteiger partial charge in [0.1, 0.15) is 18.5 Å². The van der Waals surface area contributed by atoms with Crippen molar-refractivity contribution >= 4 is 11.6 Å². The third kappa shape index (κ3) is 3.10. The van der Waals surface area contributed by atoms with Crippen molar-refractivity contribution in [1.29, 1.82) is 10.5 Å². The van der Waals surface area contributed by atoms with Gasteiger partial charge in [-0.25, -0.2) is 9.55 Å². The minimum atomic E-state index is -0.612. The van der Waals surface area contributed by atoms with Crippen LogP contribution in [0.3, 0.4) is 0 Å². The van der Waals surface area contributed by atoms with Crippen molar-refractivity contribution in [2.24, 2.45) is 0 Å². The summed E-state index contributed by atoms with van der Waals surface area (Å²) in [6.07, 6.45) is 6.41. The lowest BCUT2D eigenvalue weighted by Gasteiger charge is -2.41. The zero-order valence-electron chi connectivity index (χ0n) is 18.8. The van der Waals surface area contributed by atoms with Gasteiger partial charge in [-0.1, -0.05) is 18.1 Å². The topological polar surface area (TPSA) is 128 Å². The Labute approximate surface area is 195 Å². The van der Waals surface area contributed by atoms with Crippen LogP contribution in [0.15, 0.2) is 37.2 Å². The Bertz CT molecular complexity index is 1440. The molecule has 0 saturated heterocycles. The first-order valence-electron chi connectivity index (χ1n) is 10.0. The van der Waals surface area contributed by atoms with Crippen molar-refractivity contribution in [1.82, 2.24) is 38.7 Å². The Kier molecular flexibility index (Phi) is 5.01. The van der Waals surface area contributed by atoms with Gasteiger partial charge in [0.15, 0.2) is 17.2 Å². The van der Waals surface area contributed by atoms with Crippen LogP contribution < -0.4 is 0 Å². The van der Waals surface area contributed by atoms with E-state index in [1.165, 1.54) is 21.8 Å². The second-order valence-electron chi connectivity index (χ2n) is 8.38. The molecule has 0 unspecified atom stereocenters. The Morgan fingerprint density at radius 3 is 1.88 bits per heavy atom. The van der Waals surface area contributed by atoms with E-state index in [4.69, 9.17) is 18.4 Å². The summed E-state index contributed by atoms with van der Waals surface area (Å²) < 4.78 is 6.52. The molecule has 0 bridgehead atoms. The number of hydrogen-bond acceptors (Lipinski definition) is 6. The third-order valence-electron chi connectivity index (χ3n) is 6.20. The lowest BCUT2D eigenvalue weighted by atomic mass is 9.83. The number of imidazole rings is 2. The van der Waals surface area contributed by atoms with Crippen molar-refractivity contribution < 1.29 is 0 Å². The van der Waals surface area contributed by atoms with Crippen molar-refractivity contribution in [3.63, 3.8) is 0 Å². The molecule has 4 aromatic heterocycles. The summed E-state index contributed by atoms with van der Waals surface area (Å²) >= 11 is 0. The molecule has 0 aliphatic rings. The van der Waals surface area contributed by atoms with Crippen LogP contribution in [0.2, 0.25) is 0 Å². The Balaban J connectivity index is 1.71. The average Bonchev–Trinajstić information content (AvgIpc) is 3.61. The Hall–Kier alpha value is -5.20. The first-order valence-corrected chi connectivity index (χ1v) is 10.0. The summed E-state index contributed by atoms with van der Waals surface area (Å²) in [4.78, 5) is 14.7. The number of nitriles is 2. The maximum Gasteiger partial charge on any atom is 0.293 e. The zero-order valence-corrected chi connectivity index (χ0v) is 18.8. The molecule has 12 nitrogen and oxygen atoms in total. The number of hydrogen-bond donors (Lipinski definition) is 0. The van der Waals surface area contributed by atoms with Crippen LogP contribution in [0, 0.1) is 35.8 Å². The van der Waals surface area contributed by atoms with E-state index in [0.29, 0.717) is 11.6 Å². The van der Waals surface area contributed by atoms with E-state index in [1.54, 1.807) is 33.9 Å². The standard InChI is InChI=1S/C22H18N12/c1-21(2,33-9-7-17(29-33)31-13-27-15(11-23)16(31)12-24)22(3,4)34-10-8-18(30-34)32-14-28-19(25-5)20(32)26-6/h7-10,13-14H,1-4H3. The molecule has 0 aliphatic heterocycles. The van der Waals surface area contributed by atoms with Gasteiger partial charge in [0, 0.05) is 24.5 Å². The fourth-order valence-electron chi connectivity index (χ4n) is 3.46. The molecule has 4 aromatic rings. The SMILES string of the molecule is [C-]#[N+]c1ncn(-c2ccn(C(C)(C)C(C)(C)n3ccc(-n4cnc(C#N)c4C#N)n3)n2)c1[N+]#[C-]. The summed E-state index contributed by atoms with van der Waals surface area (Å²) in [6, 6.07) is 7.41. The zero-order chi connectivity index (χ0) is 24.7. The molecule has 4 rings (SSSR count). The predicted molar refractivity (Wildman–Crippen MR) is 119 cm³/mol. The van der Waals surface area contributed by atoms with E-state index in [-0.39, 0.29) is 23.0 Å². The molecule has 0 spiro atoms. The van der Waals surface area contributed by atoms with Gasteiger partial charge in [0.05, 0.1) is 11.1 Å². The maximum atomic E-state index is 9.43. The van der Waals surface area contributed by atoms with E-state index in [0.717, 1.165) is 0 Å². The third-order valence-corrected chi connectivity index (χ3v) is 6.20. The van der Waals surface area contributed by atoms with Crippen LogP contribution >= 0.6 is 0 Å². The molecule has 12 heteroatoms. The first-order chi connectivity index (χ1) is 16.2. The fourth-order valence-corrected chi connectivity index (χ4v) is 3.46. The van der Waals surface area contributed by atoms with E-state index in [1.807, 2.05) is 39.8 Å². The predicted octanol–water partition coefficient (Wildman–Crippen LogP) is 3.47. The van der Waals surface area contributed by atoms with Gasteiger partial charge in [0.2, 0.25) is 5.82 Å². The molecule has 166 valence electrons. The second kappa shape index (κ2) is 7.74. The summed E-state index contributed by atoms with van der Waals surface area (Å²) in [5.41, 5.74) is -1.06. The van der Waals surface area contributed by atoms with E-state index >= 15 is 0 Å². The Morgan fingerprint density at radius 1 is 0.824 bits per heavy atom. The summed E-state index contributed by atoms with van der Waals surface area (Å²) in [5, 5.41) is 27.9. The lowest BCUT2D eigenvalue weighted by molar-refractivity contribution is 0.0985. The highest BCUT2D eigenvalue weighted by Gasteiger charge is 2.42. The molecular formula is C22H18N12. The minimum absolute atomic E-state index is 0.0315. The van der Waals surface area contributed by atoms with Crippen molar-refractivity contribution in [3.8, 4) is 23.8 Å².